The van der Waals surface area contributed by atoms with Gasteiger partial charge in [-0.3, -0.25) is 43.2 Å². The van der Waals surface area contributed by atoms with Crippen LogP contribution in [0.15, 0.2) is 84.9 Å². The number of hydrogen-bond acceptors (Lipinski definition) is 28. The van der Waals surface area contributed by atoms with Crippen LogP contribution < -0.4 is 14.8 Å². The lowest BCUT2D eigenvalue weighted by molar-refractivity contribution is -0.386. The highest BCUT2D eigenvalue weighted by Gasteiger charge is 2.64. The zero-order valence-electron chi connectivity index (χ0n) is 53.9. The molecule has 3 aliphatic rings. The SMILES string of the molecule is COC(=O)[C@@]1(O[C@H]2[C@@H](OC(C)=O)[C@@H](COC(C)=O)O[C@@H](O[C@H]3[C@H](OCc4ccccc4)[C@@H](OC(=O)C(C)(C)C)[C@H](Oc4ccc(OC)cc4)O[C@@H]3COCc3ccccc3)[C@@H]2OC(C)=O)C[C@H](OC(C)=O)[C@@H](NC(C)=O)[C@H]([C@H](OC(C)=O)[C@@H](COC(C)=O)OC(C)=O)O1. The second kappa shape index (κ2) is 34.0. The van der Waals surface area contributed by atoms with Crippen molar-refractivity contribution in [2.45, 2.75) is 193 Å². The highest BCUT2D eigenvalue weighted by Crippen LogP contribution is 2.43. The van der Waals surface area contributed by atoms with Crippen molar-refractivity contribution in [2.24, 2.45) is 5.41 Å². The van der Waals surface area contributed by atoms with Crippen molar-refractivity contribution in [3.63, 3.8) is 0 Å². The summed E-state index contributed by atoms with van der Waals surface area (Å²) < 4.78 is 111. The fourth-order valence-corrected chi connectivity index (χ4v) is 10.3. The van der Waals surface area contributed by atoms with E-state index in [0.717, 1.165) is 68.1 Å². The van der Waals surface area contributed by atoms with Crippen LogP contribution in [0.25, 0.3) is 0 Å². The predicted molar refractivity (Wildman–Crippen MR) is 314 cm³/mol. The minimum absolute atomic E-state index is 0.00668. The van der Waals surface area contributed by atoms with Gasteiger partial charge in [0.2, 0.25) is 12.2 Å². The Morgan fingerprint density at radius 3 is 1.66 bits per heavy atom. The van der Waals surface area contributed by atoms with Gasteiger partial charge in [-0.05, 0) is 56.2 Å². The van der Waals surface area contributed by atoms with Gasteiger partial charge in [-0.15, -0.1) is 0 Å². The van der Waals surface area contributed by atoms with Gasteiger partial charge in [-0.1, -0.05) is 60.7 Å². The summed E-state index contributed by atoms with van der Waals surface area (Å²) in [5.74, 6) is -12.6. The minimum atomic E-state index is -3.12. The maximum atomic E-state index is 15.1. The molecule has 0 unspecified atom stereocenters. The molecule has 0 spiro atoms. The summed E-state index contributed by atoms with van der Waals surface area (Å²) in [5.41, 5.74) is 0.173. The molecule has 0 aromatic heterocycles. The first-order chi connectivity index (χ1) is 44.0. The Morgan fingerprint density at radius 2 is 1.12 bits per heavy atom. The Balaban J connectivity index is 1.63. The quantitative estimate of drug-likeness (QED) is 0.0793. The van der Waals surface area contributed by atoms with Crippen molar-refractivity contribution in [3.8, 4) is 11.5 Å². The van der Waals surface area contributed by atoms with Crippen LogP contribution in [0, 0.1) is 5.41 Å². The highest BCUT2D eigenvalue weighted by molar-refractivity contribution is 5.79. The summed E-state index contributed by atoms with van der Waals surface area (Å²) in [7, 11) is 2.37. The molecule has 1 amide bonds. The molecule has 510 valence electrons. The molecule has 93 heavy (non-hydrogen) atoms. The Labute approximate surface area is 537 Å². The number of amides is 1. The molecule has 3 saturated heterocycles. The summed E-state index contributed by atoms with van der Waals surface area (Å²) in [6.07, 6.45) is -26.6. The van der Waals surface area contributed by atoms with Crippen LogP contribution in [0.4, 0.5) is 0 Å². The molecule has 3 aromatic rings. The normalized spacial score (nSPS) is 26.6. The number of ether oxygens (including phenoxy) is 18. The molecule has 1 N–H and O–H groups in total. The zero-order valence-corrected chi connectivity index (χ0v) is 53.9. The average Bonchev–Trinajstić information content (AvgIpc) is 0.747. The van der Waals surface area contributed by atoms with Gasteiger partial charge in [0.25, 0.3) is 5.79 Å². The Morgan fingerprint density at radius 1 is 0.570 bits per heavy atom. The Kier molecular flexibility index (Phi) is 27.0. The standard InChI is InChI=1S/C64H81NO28/c1-34(66)65-50-46(82-37(4)69)28-64(62(75)77-13,92-54(50)51(84-39(6)71)48(83-38(5)70)32-79-35(2)67)93-56-53(85-40(7)72)49(33-80-36(3)68)89-60(58(56)86-41(8)73)90-52-47(31-78-29-42-20-16-14-17-21-42)88-59(87-45-26-24-44(76-12)25-27-45)57(91-61(74)63(9,10)11)55(52)81-30-43-22-18-15-19-23-43/h14-27,46-60H,28-33H2,1-13H3,(H,65,66)/t46-,47+,48+,49+,50+,51+,52+,53-,54+,55-,56-,57+,58+,59+,60-,64-/m0/s1. The van der Waals surface area contributed by atoms with Crippen molar-refractivity contribution in [1.29, 1.82) is 0 Å². The molecule has 0 radical (unpaired) electrons. The number of rotatable bonds is 28. The van der Waals surface area contributed by atoms with Gasteiger partial charge >= 0.3 is 53.7 Å². The van der Waals surface area contributed by atoms with Gasteiger partial charge < -0.3 is 90.6 Å². The van der Waals surface area contributed by atoms with Crippen LogP contribution in [0.2, 0.25) is 0 Å². The molecule has 16 atom stereocenters. The van der Waals surface area contributed by atoms with Crippen LogP contribution in [0.5, 0.6) is 11.5 Å². The van der Waals surface area contributed by atoms with Crippen LogP contribution in [0.1, 0.15) is 93.7 Å². The number of nitrogens with one attached hydrogen (secondary N) is 1. The molecule has 3 heterocycles. The van der Waals surface area contributed by atoms with E-state index in [0.29, 0.717) is 11.3 Å². The van der Waals surface area contributed by atoms with E-state index in [2.05, 4.69) is 5.32 Å². The number of carbonyl (C=O) groups excluding carboxylic acids is 10. The van der Waals surface area contributed by atoms with E-state index in [1.807, 2.05) is 18.2 Å². The van der Waals surface area contributed by atoms with E-state index in [1.165, 1.54) is 7.11 Å². The first-order valence-corrected chi connectivity index (χ1v) is 29.6. The van der Waals surface area contributed by atoms with E-state index in [1.54, 1.807) is 87.5 Å². The number of benzene rings is 3. The number of methoxy groups -OCH3 is 2. The van der Waals surface area contributed by atoms with Gasteiger partial charge in [0.15, 0.2) is 36.8 Å². The molecule has 29 heteroatoms. The molecular formula is C64H81NO28. The van der Waals surface area contributed by atoms with Crippen LogP contribution in [-0.4, -0.2) is 191 Å². The van der Waals surface area contributed by atoms with E-state index >= 15 is 4.79 Å². The third-order valence-electron chi connectivity index (χ3n) is 14.2. The summed E-state index contributed by atoms with van der Waals surface area (Å²) in [5, 5.41) is 2.57. The molecule has 29 nitrogen and oxygen atoms in total. The third kappa shape index (κ3) is 21.4. The summed E-state index contributed by atoms with van der Waals surface area (Å²) >= 11 is 0. The predicted octanol–water partition coefficient (Wildman–Crippen LogP) is 4.00. The average molecular weight is 1310 g/mol. The number of esters is 9. The molecule has 0 saturated carbocycles. The van der Waals surface area contributed by atoms with Gasteiger partial charge in [0, 0.05) is 55.4 Å². The molecule has 3 fully saturated rings. The van der Waals surface area contributed by atoms with E-state index in [9.17, 15) is 43.2 Å². The Bertz CT molecular complexity index is 3030. The van der Waals surface area contributed by atoms with Crippen LogP contribution in [-0.2, 0) is 137 Å². The van der Waals surface area contributed by atoms with Gasteiger partial charge in [0.05, 0.1) is 51.9 Å². The molecule has 3 aliphatic heterocycles. The largest absolute Gasteiger partial charge is 0.497 e. The lowest BCUT2D eigenvalue weighted by atomic mass is 9.87. The monoisotopic (exact) mass is 1310 g/mol. The second-order valence-electron chi connectivity index (χ2n) is 22.8. The fraction of sp³-hybridized carbons (Fsp3) is 0.562. The second-order valence-corrected chi connectivity index (χ2v) is 22.8. The summed E-state index contributed by atoms with van der Waals surface area (Å²) in [6.45, 7) is 10.5. The molecular weight excluding hydrogens is 1230 g/mol. The van der Waals surface area contributed by atoms with E-state index < -0.39 is 182 Å². The van der Waals surface area contributed by atoms with Crippen molar-refractivity contribution < 1.29 is 133 Å². The molecule has 0 aliphatic carbocycles. The topological polar surface area (TPSA) is 349 Å². The molecule has 3 aromatic carbocycles. The smallest absolute Gasteiger partial charge is 0.366 e. The lowest BCUT2D eigenvalue weighted by Crippen LogP contribution is -2.72. The summed E-state index contributed by atoms with van der Waals surface area (Å²) in [6, 6.07) is 22.6. The fourth-order valence-electron chi connectivity index (χ4n) is 10.3. The number of hydrogen-bond donors (Lipinski definition) is 1. The van der Waals surface area contributed by atoms with Crippen molar-refractivity contribution >= 4 is 59.6 Å². The van der Waals surface area contributed by atoms with Gasteiger partial charge in [-0.2, -0.15) is 0 Å². The van der Waals surface area contributed by atoms with Crippen LogP contribution in [0.3, 0.4) is 0 Å². The van der Waals surface area contributed by atoms with Crippen molar-refractivity contribution in [2.75, 3.05) is 34.0 Å². The van der Waals surface area contributed by atoms with Crippen LogP contribution >= 0.6 is 0 Å². The van der Waals surface area contributed by atoms with E-state index in [-0.39, 0.29) is 25.6 Å². The maximum absolute atomic E-state index is 15.1. The zero-order chi connectivity index (χ0) is 68.3. The minimum Gasteiger partial charge on any atom is -0.497 e. The highest BCUT2D eigenvalue weighted by atomic mass is 16.8. The third-order valence-corrected chi connectivity index (χ3v) is 14.2. The lowest BCUT2D eigenvalue weighted by Gasteiger charge is -2.52. The maximum Gasteiger partial charge on any atom is 0.366 e. The molecule has 0 bridgehead atoms. The number of carbonyl (C=O) groups is 10. The first kappa shape index (κ1) is 73.7. The first-order valence-electron chi connectivity index (χ1n) is 29.6. The van der Waals surface area contributed by atoms with E-state index in [4.69, 9.17) is 85.3 Å². The van der Waals surface area contributed by atoms with Gasteiger partial charge in [-0.25, -0.2) is 4.79 Å². The van der Waals surface area contributed by atoms with Crippen molar-refractivity contribution in [3.05, 3.63) is 96.1 Å². The molecule has 6 rings (SSSR count). The van der Waals surface area contributed by atoms with Crippen molar-refractivity contribution in [1.82, 2.24) is 5.32 Å². The Hall–Kier alpha value is -8.32. The van der Waals surface area contributed by atoms with Gasteiger partial charge in [0.1, 0.15) is 67.4 Å². The summed E-state index contributed by atoms with van der Waals surface area (Å²) in [4.78, 5) is 134.